The molecule has 18 heavy (non-hydrogen) atoms. The maximum absolute atomic E-state index is 13.7. The molecule has 0 aliphatic carbocycles. The molecule has 0 fully saturated rings. The normalized spacial score (nSPS) is 10.4. The molecular formula is C14H14F2N2. The van der Waals surface area contributed by atoms with E-state index in [-0.39, 0.29) is 17.3 Å². The number of aryl methyl sites for hydroxylation is 1. The maximum Gasteiger partial charge on any atom is 0.146 e. The monoisotopic (exact) mass is 248 g/mol. The summed E-state index contributed by atoms with van der Waals surface area (Å²) < 4.78 is 27.0. The quantitative estimate of drug-likeness (QED) is 0.822. The van der Waals surface area contributed by atoms with Gasteiger partial charge in [-0.15, -0.1) is 0 Å². The Kier molecular flexibility index (Phi) is 3.19. The molecule has 0 saturated heterocycles. The molecule has 0 unspecified atom stereocenters. The van der Waals surface area contributed by atoms with E-state index < -0.39 is 0 Å². The van der Waals surface area contributed by atoms with Gasteiger partial charge < -0.3 is 10.6 Å². The van der Waals surface area contributed by atoms with E-state index in [1.807, 2.05) is 0 Å². The van der Waals surface area contributed by atoms with E-state index in [0.717, 1.165) is 0 Å². The van der Waals surface area contributed by atoms with Gasteiger partial charge in [0.2, 0.25) is 0 Å². The summed E-state index contributed by atoms with van der Waals surface area (Å²) in [6, 6.07) is 9.23. The predicted octanol–water partition coefficient (Wildman–Crippen LogP) is 3.62. The highest BCUT2D eigenvalue weighted by Gasteiger charge is 2.13. The first-order valence-corrected chi connectivity index (χ1v) is 5.54. The Bertz CT molecular complexity index is 582. The molecule has 0 atom stereocenters. The molecule has 2 aromatic rings. The molecule has 0 bridgehead atoms. The first-order valence-electron chi connectivity index (χ1n) is 5.54. The molecule has 2 aromatic carbocycles. The van der Waals surface area contributed by atoms with Gasteiger partial charge in [0, 0.05) is 7.05 Å². The SMILES string of the molecule is Cc1cc(N(C)c2ccccc2F)c(N)cc1F. The average molecular weight is 248 g/mol. The highest BCUT2D eigenvalue weighted by molar-refractivity contribution is 5.75. The third-order valence-corrected chi connectivity index (χ3v) is 2.88. The van der Waals surface area contributed by atoms with E-state index in [1.165, 1.54) is 12.1 Å². The van der Waals surface area contributed by atoms with E-state index in [0.29, 0.717) is 16.9 Å². The Labute approximate surface area is 105 Å². The van der Waals surface area contributed by atoms with Crippen molar-refractivity contribution < 1.29 is 8.78 Å². The second-order valence-electron chi connectivity index (χ2n) is 4.17. The third kappa shape index (κ3) is 2.14. The van der Waals surface area contributed by atoms with Gasteiger partial charge in [-0.05, 0) is 36.8 Å². The number of nitrogens with zero attached hydrogens (tertiary/aromatic N) is 1. The van der Waals surface area contributed by atoms with Crippen LogP contribution in [0.5, 0.6) is 0 Å². The van der Waals surface area contributed by atoms with E-state index in [9.17, 15) is 8.78 Å². The van der Waals surface area contributed by atoms with Crippen LogP contribution < -0.4 is 10.6 Å². The first kappa shape index (κ1) is 12.4. The van der Waals surface area contributed by atoms with Gasteiger partial charge >= 0.3 is 0 Å². The lowest BCUT2D eigenvalue weighted by atomic mass is 10.1. The number of nitrogens with two attached hydrogens (primary N) is 1. The number of para-hydroxylation sites is 1. The number of hydrogen-bond acceptors (Lipinski definition) is 2. The third-order valence-electron chi connectivity index (χ3n) is 2.88. The van der Waals surface area contributed by atoms with Crippen molar-refractivity contribution in [2.24, 2.45) is 0 Å². The van der Waals surface area contributed by atoms with Crippen LogP contribution in [0.4, 0.5) is 25.8 Å². The number of hydrogen-bond donors (Lipinski definition) is 1. The molecule has 0 radical (unpaired) electrons. The molecule has 0 amide bonds. The largest absolute Gasteiger partial charge is 0.397 e. The average Bonchev–Trinajstić information content (AvgIpc) is 2.33. The van der Waals surface area contributed by atoms with Crippen LogP contribution in [0, 0.1) is 18.6 Å². The molecule has 4 heteroatoms. The molecule has 0 saturated carbocycles. The number of nitrogen functional groups attached to an aromatic ring is 1. The van der Waals surface area contributed by atoms with Crippen molar-refractivity contribution in [2.75, 3.05) is 17.7 Å². The van der Waals surface area contributed by atoms with E-state index >= 15 is 0 Å². The number of rotatable bonds is 2. The van der Waals surface area contributed by atoms with Gasteiger partial charge in [-0.2, -0.15) is 0 Å². The van der Waals surface area contributed by atoms with Gasteiger partial charge in [0.05, 0.1) is 17.1 Å². The standard InChI is InChI=1S/C14H14F2N2/c1-9-7-14(12(17)8-11(9)16)18(2)13-6-4-3-5-10(13)15/h3-8H,17H2,1-2H3. The Hall–Kier alpha value is -2.10. The summed E-state index contributed by atoms with van der Waals surface area (Å²) in [4.78, 5) is 1.61. The maximum atomic E-state index is 13.7. The van der Waals surface area contributed by atoms with Gasteiger partial charge in [-0.1, -0.05) is 12.1 Å². The minimum Gasteiger partial charge on any atom is -0.397 e. The highest BCUT2D eigenvalue weighted by Crippen LogP contribution is 2.32. The van der Waals surface area contributed by atoms with Crippen LogP contribution in [0.2, 0.25) is 0 Å². The summed E-state index contributed by atoms with van der Waals surface area (Å²) in [5.74, 6) is -0.709. The zero-order valence-corrected chi connectivity index (χ0v) is 10.2. The van der Waals surface area contributed by atoms with Crippen LogP contribution >= 0.6 is 0 Å². The summed E-state index contributed by atoms with van der Waals surface area (Å²) in [5.41, 5.74) is 7.51. The zero-order valence-electron chi connectivity index (χ0n) is 10.2. The Morgan fingerprint density at radius 1 is 1.00 bits per heavy atom. The lowest BCUT2D eigenvalue weighted by Crippen LogP contribution is -2.13. The summed E-state index contributed by atoms with van der Waals surface area (Å²) >= 11 is 0. The van der Waals surface area contributed by atoms with Crippen molar-refractivity contribution in [1.29, 1.82) is 0 Å². The fourth-order valence-corrected chi connectivity index (χ4v) is 1.83. The second kappa shape index (κ2) is 4.64. The van der Waals surface area contributed by atoms with Crippen LogP contribution in [-0.4, -0.2) is 7.05 Å². The predicted molar refractivity (Wildman–Crippen MR) is 70.0 cm³/mol. The molecule has 0 aliphatic heterocycles. The summed E-state index contributed by atoms with van der Waals surface area (Å²) in [6.45, 7) is 1.65. The topological polar surface area (TPSA) is 29.3 Å². The van der Waals surface area contributed by atoms with Gasteiger partial charge in [-0.3, -0.25) is 0 Å². The Morgan fingerprint density at radius 3 is 2.33 bits per heavy atom. The molecule has 2 rings (SSSR count). The van der Waals surface area contributed by atoms with Gasteiger partial charge in [-0.25, -0.2) is 8.78 Å². The molecule has 0 heterocycles. The van der Waals surface area contributed by atoms with Crippen LogP contribution in [-0.2, 0) is 0 Å². The first-order chi connectivity index (χ1) is 8.50. The molecule has 0 aromatic heterocycles. The van der Waals surface area contributed by atoms with Crippen LogP contribution in [0.1, 0.15) is 5.56 Å². The fraction of sp³-hybridized carbons (Fsp3) is 0.143. The molecule has 0 aliphatic rings. The lowest BCUT2D eigenvalue weighted by molar-refractivity contribution is 0.619. The minimum absolute atomic E-state index is 0.281. The molecular weight excluding hydrogens is 234 g/mol. The number of anilines is 3. The molecule has 0 spiro atoms. The summed E-state index contributed by atoms with van der Waals surface area (Å²) in [7, 11) is 1.70. The van der Waals surface area contributed by atoms with Crippen LogP contribution in [0.25, 0.3) is 0 Å². The Morgan fingerprint density at radius 2 is 1.67 bits per heavy atom. The van der Waals surface area contributed by atoms with Crippen LogP contribution in [0.15, 0.2) is 36.4 Å². The van der Waals surface area contributed by atoms with Gasteiger partial charge in [0.15, 0.2) is 0 Å². The molecule has 2 N–H and O–H groups in total. The molecule has 94 valence electrons. The summed E-state index contributed by atoms with van der Waals surface area (Å²) in [6.07, 6.45) is 0. The smallest absolute Gasteiger partial charge is 0.146 e. The Balaban J connectivity index is 2.50. The zero-order chi connectivity index (χ0) is 13.3. The van der Waals surface area contributed by atoms with E-state index in [2.05, 4.69) is 0 Å². The summed E-state index contributed by atoms with van der Waals surface area (Å²) in [5, 5.41) is 0. The van der Waals surface area contributed by atoms with Crippen molar-refractivity contribution in [3.63, 3.8) is 0 Å². The lowest BCUT2D eigenvalue weighted by Gasteiger charge is -2.22. The number of halogens is 2. The van der Waals surface area contributed by atoms with Crippen molar-refractivity contribution in [3.8, 4) is 0 Å². The van der Waals surface area contributed by atoms with Crippen molar-refractivity contribution in [1.82, 2.24) is 0 Å². The van der Waals surface area contributed by atoms with Gasteiger partial charge in [0.1, 0.15) is 11.6 Å². The highest BCUT2D eigenvalue weighted by atomic mass is 19.1. The van der Waals surface area contributed by atoms with E-state index in [1.54, 1.807) is 43.1 Å². The number of benzene rings is 2. The van der Waals surface area contributed by atoms with Crippen LogP contribution in [0.3, 0.4) is 0 Å². The van der Waals surface area contributed by atoms with Crippen molar-refractivity contribution in [2.45, 2.75) is 6.92 Å². The fourth-order valence-electron chi connectivity index (χ4n) is 1.83. The van der Waals surface area contributed by atoms with Gasteiger partial charge in [0.25, 0.3) is 0 Å². The molecule has 2 nitrogen and oxygen atoms in total. The van der Waals surface area contributed by atoms with E-state index in [4.69, 9.17) is 5.73 Å². The second-order valence-corrected chi connectivity index (χ2v) is 4.17. The minimum atomic E-state index is -0.363. The van der Waals surface area contributed by atoms with Crippen molar-refractivity contribution >= 4 is 17.1 Å². The van der Waals surface area contributed by atoms with Crippen molar-refractivity contribution in [3.05, 3.63) is 53.6 Å².